The van der Waals surface area contributed by atoms with E-state index >= 15 is 0 Å². The highest BCUT2D eigenvalue weighted by Crippen LogP contribution is 2.34. The molecule has 3 rings (SSSR count). The van der Waals surface area contributed by atoms with Gasteiger partial charge < -0.3 is 5.11 Å². The van der Waals surface area contributed by atoms with E-state index in [9.17, 15) is 5.11 Å². The molecular formula is C15H18N2OS2. The van der Waals surface area contributed by atoms with Gasteiger partial charge in [0.2, 0.25) is 0 Å². The molecule has 2 atom stereocenters. The lowest BCUT2D eigenvalue weighted by atomic mass is 10.2. The van der Waals surface area contributed by atoms with Gasteiger partial charge in [0.25, 0.3) is 0 Å². The van der Waals surface area contributed by atoms with Crippen molar-refractivity contribution in [3.63, 3.8) is 0 Å². The Hall–Kier alpha value is -1.17. The molecule has 0 saturated heterocycles. The molecule has 1 N–H and O–H groups in total. The van der Waals surface area contributed by atoms with Gasteiger partial charge in [0, 0.05) is 32.9 Å². The molecule has 3 aromatic rings. The lowest BCUT2D eigenvalue weighted by molar-refractivity contribution is 0.180. The zero-order chi connectivity index (χ0) is 14.1. The molecule has 0 aromatic carbocycles. The SMILES string of the molecule is CCC(C)n1ccc(CC(O)c2cc3sccc3s2)n1. The zero-order valence-electron chi connectivity index (χ0n) is 11.6. The molecule has 0 amide bonds. The first-order chi connectivity index (χ1) is 9.67. The molecule has 3 heterocycles. The Bertz CT molecular complexity index is 669. The third-order valence-electron chi connectivity index (χ3n) is 3.60. The van der Waals surface area contributed by atoms with E-state index in [1.165, 1.54) is 9.40 Å². The van der Waals surface area contributed by atoms with E-state index in [0.29, 0.717) is 12.5 Å². The average Bonchev–Trinajstić information content (AvgIpc) is 3.11. The van der Waals surface area contributed by atoms with Crippen LogP contribution < -0.4 is 0 Å². The highest BCUT2D eigenvalue weighted by molar-refractivity contribution is 7.26. The molecule has 3 nitrogen and oxygen atoms in total. The van der Waals surface area contributed by atoms with E-state index in [1.807, 2.05) is 16.9 Å². The summed E-state index contributed by atoms with van der Waals surface area (Å²) in [6.07, 6.45) is 3.19. The summed E-state index contributed by atoms with van der Waals surface area (Å²) >= 11 is 3.40. The first-order valence-corrected chi connectivity index (χ1v) is 8.56. The van der Waals surface area contributed by atoms with Crippen LogP contribution in [-0.2, 0) is 6.42 Å². The second-order valence-corrected chi connectivity index (χ2v) is 7.13. The first-order valence-electron chi connectivity index (χ1n) is 6.86. The minimum Gasteiger partial charge on any atom is -0.387 e. The van der Waals surface area contributed by atoms with Crippen molar-refractivity contribution in [1.82, 2.24) is 9.78 Å². The van der Waals surface area contributed by atoms with E-state index < -0.39 is 6.10 Å². The Morgan fingerprint density at radius 2 is 2.20 bits per heavy atom. The molecule has 3 aromatic heterocycles. The van der Waals surface area contributed by atoms with Gasteiger partial charge in [-0.05, 0) is 36.9 Å². The van der Waals surface area contributed by atoms with E-state index in [2.05, 4.69) is 36.5 Å². The van der Waals surface area contributed by atoms with Crippen LogP contribution in [0, 0.1) is 0 Å². The highest BCUT2D eigenvalue weighted by Gasteiger charge is 2.15. The minimum atomic E-state index is -0.458. The molecule has 20 heavy (non-hydrogen) atoms. The summed E-state index contributed by atoms with van der Waals surface area (Å²) in [5.41, 5.74) is 0.953. The minimum absolute atomic E-state index is 0.410. The fraction of sp³-hybridized carbons (Fsp3) is 0.400. The third kappa shape index (κ3) is 2.66. The summed E-state index contributed by atoms with van der Waals surface area (Å²) in [6.45, 7) is 4.31. The van der Waals surface area contributed by atoms with Gasteiger partial charge >= 0.3 is 0 Å². The van der Waals surface area contributed by atoms with Crippen LogP contribution in [0.15, 0.2) is 29.8 Å². The van der Waals surface area contributed by atoms with Crippen molar-refractivity contribution in [3.8, 4) is 0 Å². The molecule has 0 saturated carbocycles. The monoisotopic (exact) mass is 306 g/mol. The van der Waals surface area contributed by atoms with Crippen molar-refractivity contribution in [3.05, 3.63) is 40.3 Å². The van der Waals surface area contributed by atoms with E-state index in [1.54, 1.807) is 22.7 Å². The summed E-state index contributed by atoms with van der Waals surface area (Å²) in [6, 6.07) is 6.62. The quantitative estimate of drug-likeness (QED) is 0.758. The van der Waals surface area contributed by atoms with Gasteiger partial charge in [-0.3, -0.25) is 4.68 Å². The number of fused-ring (bicyclic) bond motifs is 1. The number of aromatic nitrogens is 2. The fourth-order valence-electron chi connectivity index (χ4n) is 2.17. The van der Waals surface area contributed by atoms with Gasteiger partial charge in [-0.1, -0.05) is 6.92 Å². The summed E-state index contributed by atoms with van der Waals surface area (Å²) in [5, 5.41) is 17.0. The Morgan fingerprint density at radius 3 is 2.95 bits per heavy atom. The molecule has 106 valence electrons. The summed E-state index contributed by atoms with van der Waals surface area (Å²) in [7, 11) is 0. The Kier molecular flexibility index (Phi) is 3.92. The molecule has 0 aliphatic carbocycles. The van der Waals surface area contributed by atoms with Crippen molar-refractivity contribution in [2.75, 3.05) is 0 Å². The number of aliphatic hydroxyl groups excluding tert-OH is 1. The standard InChI is InChI=1S/C15H18N2OS2/c1-3-10(2)17-6-4-11(16-17)8-12(18)14-9-15-13(20-14)5-7-19-15/h4-7,9-10,12,18H,3,8H2,1-2H3. The summed E-state index contributed by atoms with van der Waals surface area (Å²) in [5.74, 6) is 0. The third-order valence-corrected chi connectivity index (χ3v) is 5.79. The number of hydrogen-bond donors (Lipinski definition) is 1. The molecular weight excluding hydrogens is 288 g/mol. The van der Waals surface area contributed by atoms with Crippen LogP contribution in [0.25, 0.3) is 9.40 Å². The Labute approximate surface area is 126 Å². The number of rotatable bonds is 5. The number of aliphatic hydroxyl groups is 1. The first kappa shape index (κ1) is 13.8. The molecule has 0 radical (unpaired) electrons. The van der Waals surface area contributed by atoms with Crippen LogP contribution in [-0.4, -0.2) is 14.9 Å². The molecule has 0 aliphatic heterocycles. The van der Waals surface area contributed by atoms with Crippen molar-refractivity contribution in [2.24, 2.45) is 0 Å². The van der Waals surface area contributed by atoms with Crippen molar-refractivity contribution < 1.29 is 5.11 Å². The topological polar surface area (TPSA) is 38.0 Å². The average molecular weight is 306 g/mol. The largest absolute Gasteiger partial charge is 0.387 e. The van der Waals surface area contributed by atoms with Crippen LogP contribution >= 0.6 is 22.7 Å². The van der Waals surface area contributed by atoms with Crippen LogP contribution in [0.5, 0.6) is 0 Å². The van der Waals surface area contributed by atoms with E-state index in [4.69, 9.17) is 0 Å². The normalized spacial score (nSPS) is 14.8. The van der Waals surface area contributed by atoms with Crippen LogP contribution in [0.3, 0.4) is 0 Å². The molecule has 0 bridgehead atoms. The molecule has 0 fully saturated rings. The van der Waals surface area contributed by atoms with Crippen LogP contribution in [0.4, 0.5) is 0 Å². The predicted molar refractivity (Wildman–Crippen MR) is 85.6 cm³/mol. The van der Waals surface area contributed by atoms with Gasteiger partial charge in [0.05, 0.1) is 11.8 Å². The second kappa shape index (κ2) is 5.68. The molecule has 2 unspecified atom stereocenters. The van der Waals surface area contributed by atoms with Gasteiger partial charge in [-0.2, -0.15) is 5.10 Å². The lowest BCUT2D eigenvalue weighted by Crippen LogP contribution is -2.06. The van der Waals surface area contributed by atoms with Crippen LogP contribution in [0.2, 0.25) is 0 Å². The number of thiophene rings is 2. The van der Waals surface area contributed by atoms with Crippen molar-refractivity contribution in [1.29, 1.82) is 0 Å². The Balaban J connectivity index is 1.73. The molecule has 5 heteroatoms. The smallest absolute Gasteiger partial charge is 0.0938 e. The van der Waals surface area contributed by atoms with E-state index in [-0.39, 0.29) is 0 Å². The maximum Gasteiger partial charge on any atom is 0.0938 e. The molecule has 0 aliphatic rings. The van der Waals surface area contributed by atoms with Crippen molar-refractivity contribution >= 4 is 32.1 Å². The van der Waals surface area contributed by atoms with Crippen molar-refractivity contribution in [2.45, 2.75) is 38.8 Å². The molecule has 0 spiro atoms. The van der Waals surface area contributed by atoms with Gasteiger partial charge in [-0.25, -0.2) is 0 Å². The summed E-state index contributed by atoms with van der Waals surface area (Å²) in [4.78, 5) is 1.03. The predicted octanol–water partition coefficient (Wildman–Crippen LogP) is 4.41. The maximum atomic E-state index is 10.4. The zero-order valence-corrected chi connectivity index (χ0v) is 13.2. The Morgan fingerprint density at radius 1 is 1.35 bits per heavy atom. The van der Waals surface area contributed by atoms with Gasteiger partial charge in [0.15, 0.2) is 0 Å². The number of hydrogen-bond acceptors (Lipinski definition) is 4. The van der Waals surface area contributed by atoms with Gasteiger partial charge in [-0.15, -0.1) is 22.7 Å². The summed E-state index contributed by atoms with van der Waals surface area (Å²) < 4.78 is 4.50. The maximum absolute atomic E-state index is 10.4. The lowest BCUT2D eigenvalue weighted by Gasteiger charge is -2.09. The number of nitrogens with zero attached hydrogens (tertiary/aromatic N) is 2. The fourth-order valence-corrected chi connectivity index (χ4v) is 4.27. The van der Waals surface area contributed by atoms with Gasteiger partial charge in [0.1, 0.15) is 0 Å². The van der Waals surface area contributed by atoms with E-state index in [0.717, 1.165) is 17.0 Å². The highest BCUT2D eigenvalue weighted by atomic mass is 32.1. The second-order valence-electron chi connectivity index (χ2n) is 5.06. The van der Waals surface area contributed by atoms with Crippen LogP contribution in [0.1, 0.15) is 43.0 Å².